The Bertz CT molecular complexity index is 2830. The average Bonchev–Trinajstić information content (AvgIpc) is 3.80. The number of phenols is 1. The number of carbonyl (C=O) groups excluding carboxylic acids is 4. The van der Waals surface area contributed by atoms with Crippen molar-refractivity contribution in [2.75, 3.05) is 18.6 Å². The van der Waals surface area contributed by atoms with Crippen molar-refractivity contribution >= 4 is 29.5 Å². The molecule has 65 heavy (non-hydrogen) atoms. The number of hydrogen-bond acceptors (Lipinski definition) is 8. The predicted molar refractivity (Wildman–Crippen MR) is 246 cm³/mol. The molecular weight excluding hydrogens is 817 g/mol. The van der Waals surface area contributed by atoms with E-state index in [2.05, 4.69) is 29.1 Å². The van der Waals surface area contributed by atoms with Crippen molar-refractivity contribution in [3.8, 4) is 23.3 Å². The number of morpholine rings is 1. The number of benzene rings is 6. The highest BCUT2D eigenvalue weighted by Gasteiger charge is 2.75. The number of cyclic esters (lactones) is 1. The molecule has 2 saturated heterocycles. The number of fused-ring (bicyclic) bond motifs is 3. The molecule has 3 heterocycles. The average molecular weight is 863 g/mol. The van der Waals surface area contributed by atoms with Crippen molar-refractivity contribution < 1.29 is 33.8 Å². The summed E-state index contributed by atoms with van der Waals surface area (Å²) in [7, 11) is 1.59. The SMILES string of the molecule is C=CCNC(=O)[C@@H]1[C@H]2C(=O)O[C@H](c3ccccc3)[C@H](c3ccccc3)N2[C@H](c2ccc(O)cc2)[C@@]12C(=O)N(C(=O)N[C@H](C)c1ccccc1)c1ccc(C#Cc3ccc(OC)cc3)cc12. The van der Waals surface area contributed by atoms with E-state index in [1.54, 1.807) is 37.4 Å². The summed E-state index contributed by atoms with van der Waals surface area (Å²) < 4.78 is 11.9. The Morgan fingerprint density at radius 1 is 0.800 bits per heavy atom. The number of amides is 4. The van der Waals surface area contributed by atoms with Gasteiger partial charge in [0.05, 0.1) is 36.8 Å². The fraction of sp³-hybridized carbons (Fsp3) is 0.185. The van der Waals surface area contributed by atoms with Gasteiger partial charge < -0.3 is 25.2 Å². The summed E-state index contributed by atoms with van der Waals surface area (Å²) in [6.07, 6.45) is 0.631. The van der Waals surface area contributed by atoms with Gasteiger partial charge in [-0.05, 0) is 89.3 Å². The van der Waals surface area contributed by atoms with Crippen LogP contribution in [0.1, 0.15) is 70.1 Å². The summed E-state index contributed by atoms with van der Waals surface area (Å²) in [5, 5.41) is 16.7. The molecule has 6 aromatic rings. The normalized spacial score (nSPS) is 22.4. The van der Waals surface area contributed by atoms with E-state index in [9.17, 15) is 9.90 Å². The molecule has 0 radical (unpaired) electrons. The quantitative estimate of drug-likeness (QED) is 0.0752. The maximum atomic E-state index is 16.4. The Hall–Kier alpha value is -7.94. The molecule has 3 aliphatic heterocycles. The minimum Gasteiger partial charge on any atom is -0.508 e. The minimum absolute atomic E-state index is 0.0254. The molecule has 0 aromatic heterocycles. The van der Waals surface area contributed by atoms with Crippen LogP contribution in [0.15, 0.2) is 170 Å². The lowest BCUT2D eigenvalue weighted by Gasteiger charge is -2.46. The Morgan fingerprint density at radius 2 is 1.42 bits per heavy atom. The van der Waals surface area contributed by atoms with Gasteiger partial charge in [-0.3, -0.25) is 19.3 Å². The first kappa shape index (κ1) is 42.4. The Kier molecular flexibility index (Phi) is 11.5. The first-order valence-electron chi connectivity index (χ1n) is 21.4. The number of imide groups is 1. The number of nitrogens with one attached hydrogen (secondary N) is 2. The molecule has 0 aliphatic carbocycles. The second-order valence-corrected chi connectivity index (χ2v) is 16.3. The van der Waals surface area contributed by atoms with Gasteiger partial charge in [-0.25, -0.2) is 9.69 Å². The standard InChI is InChI=1S/C54H46N4O7/c1-4-32-55-50(60)45-47-51(61)65-48(39-18-12-7-13-19-39)46(38-16-10-6-11-17-38)58(47)49(40-25-27-41(59)28-26-40)54(45)43-33-36(21-20-35-22-29-42(64-3)30-23-35)24-31-44(43)57(52(54)62)53(63)56-34(2)37-14-8-5-9-15-37/h4-19,22-31,33-34,45-49,59H,1,32H2,2-3H3,(H,55,60)(H,56,63)/t34-,45+,46+,47+,48-,49-,54+/m1/s1. The van der Waals surface area contributed by atoms with E-state index >= 15 is 14.4 Å². The fourth-order valence-corrected chi connectivity index (χ4v) is 9.82. The highest BCUT2D eigenvalue weighted by Crippen LogP contribution is 2.66. The number of carbonyl (C=O) groups is 4. The van der Waals surface area contributed by atoms with Gasteiger partial charge in [0.15, 0.2) is 0 Å². The van der Waals surface area contributed by atoms with Crippen LogP contribution in [0.4, 0.5) is 10.5 Å². The van der Waals surface area contributed by atoms with E-state index in [1.807, 2.05) is 127 Å². The molecular formula is C54H46N4O7. The third-order valence-electron chi connectivity index (χ3n) is 12.7. The van der Waals surface area contributed by atoms with Crippen LogP contribution in [-0.2, 0) is 24.5 Å². The number of hydrogen-bond donors (Lipinski definition) is 3. The number of methoxy groups -OCH3 is 1. The summed E-state index contributed by atoms with van der Waals surface area (Å²) in [5.74, 6) is 3.59. The Labute approximate surface area is 377 Å². The summed E-state index contributed by atoms with van der Waals surface area (Å²) in [5.41, 5.74) is 2.58. The van der Waals surface area contributed by atoms with Gasteiger partial charge in [-0.15, -0.1) is 6.58 Å². The largest absolute Gasteiger partial charge is 0.508 e. The van der Waals surface area contributed by atoms with E-state index in [4.69, 9.17) is 9.47 Å². The molecule has 2 fully saturated rings. The summed E-state index contributed by atoms with van der Waals surface area (Å²) in [6.45, 7) is 5.68. The zero-order valence-corrected chi connectivity index (χ0v) is 35.8. The van der Waals surface area contributed by atoms with Gasteiger partial charge in [0.2, 0.25) is 11.8 Å². The molecule has 3 aliphatic rings. The third-order valence-corrected chi connectivity index (χ3v) is 12.7. The first-order valence-corrected chi connectivity index (χ1v) is 21.4. The van der Waals surface area contributed by atoms with Gasteiger partial charge in [0, 0.05) is 17.7 Å². The van der Waals surface area contributed by atoms with Crippen molar-refractivity contribution in [3.63, 3.8) is 0 Å². The molecule has 11 heteroatoms. The van der Waals surface area contributed by atoms with Crippen LogP contribution in [0.5, 0.6) is 11.5 Å². The summed E-state index contributed by atoms with van der Waals surface area (Å²) >= 11 is 0. The van der Waals surface area contributed by atoms with Gasteiger partial charge in [0.25, 0.3) is 0 Å². The second-order valence-electron chi connectivity index (χ2n) is 16.3. The lowest BCUT2D eigenvalue weighted by Crippen LogP contribution is -2.56. The molecule has 4 amide bonds. The van der Waals surface area contributed by atoms with Gasteiger partial charge in [0.1, 0.15) is 29.1 Å². The zero-order chi connectivity index (χ0) is 45.2. The van der Waals surface area contributed by atoms with Gasteiger partial charge >= 0.3 is 12.0 Å². The van der Waals surface area contributed by atoms with Crippen LogP contribution in [0.3, 0.4) is 0 Å². The molecule has 7 atom stereocenters. The highest BCUT2D eigenvalue weighted by atomic mass is 16.6. The Balaban J connectivity index is 1.33. The molecule has 0 saturated carbocycles. The zero-order valence-electron chi connectivity index (χ0n) is 35.8. The number of esters is 1. The van der Waals surface area contributed by atoms with E-state index in [-0.39, 0.29) is 18.0 Å². The maximum absolute atomic E-state index is 16.4. The summed E-state index contributed by atoms with van der Waals surface area (Å²) in [4.78, 5) is 64.8. The molecule has 0 bridgehead atoms. The fourth-order valence-electron chi connectivity index (χ4n) is 9.82. The molecule has 6 aromatic carbocycles. The second kappa shape index (κ2) is 17.7. The van der Waals surface area contributed by atoms with E-state index in [0.717, 1.165) is 16.0 Å². The minimum atomic E-state index is -1.98. The van der Waals surface area contributed by atoms with Crippen LogP contribution in [0.2, 0.25) is 0 Å². The van der Waals surface area contributed by atoms with Crippen molar-refractivity contribution in [1.82, 2.24) is 15.5 Å². The number of rotatable bonds is 9. The van der Waals surface area contributed by atoms with Crippen molar-refractivity contribution in [1.29, 1.82) is 0 Å². The van der Waals surface area contributed by atoms with Crippen LogP contribution < -0.4 is 20.3 Å². The van der Waals surface area contributed by atoms with Crippen molar-refractivity contribution in [2.45, 2.75) is 42.6 Å². The van der Waals surface area contributed by atoms with Crippen LogP contribution >= 0.6 is 0 Å². The topological polar surface area (TPSA) is 138 Å². The molecule has 11 nitrogen and oxygen atoms in total. The highest BCUT2D eigenvalue weighted by molar-refractivity contribution is 6.24. The van der Waals surface area contributed by atoms with Crippen LogP contribution in [-0.4, -0.2) is 53.5 Å². The molecule has 3 N–H and O–H groups in total. The number of nitrogens with zero attached hydrogens (tertiary/aromatic N) is 2. The lowest BCUT2D eigenvalue weighted by molar-refractivity contribution is -0.178. The smallest absolute Gasteiger partial charge is 0.329 e. The lowest BCUT2D eigenvalue weighted by atomic mass is 9.65. The maximum Gasteiger partial charge on any atom is 0.329 e. The van der Waals surface area contributed by atoms with Gasteiger partial charge in [-0.2, -0.15) is 0 Å². The van der Waals surface area contributed by atoms with E-state index < -0.39 is 65.4 Å². The number of anilines is 1. The molecule has 9 rings (SSSR count). The van der Waals surface area contributed by atoms with E-state index in [1.165, 1.54) is 18.2 Å². The molecule has 0 unspecified atom stereocenters. The van der Waals surface area contributed by atoms with Crippen LogP contribution in [0, 0.1) is 17.8 Å². The number of urea groups is 1. The van der Waals surface area contributed by atoms with Crippen molar-refractivity contribution in [2.24, 2.45) is 5.92 Å². The van der Waals surface area contributed by atoms with Gasteiger partial charge in [-0.1, -0.05) is 121 Å². The van der Waals surface area contributed by atoms with Crippen molar-refractivity contribution in [3.05, 3.63) is 209 Å². The van der Waals surface area contributed by atoms with Crippen LogP contribution in [0.25, 0.3) is 0 Å². The monoisotopic (exact) mass is 862 g/mol. The first-order chi connectivity index (χ1) is 31.6. The predicted octanol–water partition coefficient (Wildman–Crippen LogP) is 8.24. The number of phenolic OH excluding ortho intramolecular Hbond substituents is 1. The molecule has 324 valence electrons. The summed E-state index contributed by atoms with van der Waals surface area (Å²) in [6, 6.07) is 42.7. The number of aromatic hydroxyl groups is 1. The number of ether oxygens (including phenoxy) is 2. The third kappa shape index (κ3) is 7.47. The molecule has 1 spiro atoms. The van der Waals surface area contributed by atoms with E-state index in [0.29, 0.717) is 33.6 Å². The Morgan fingerprint density at radius 3 is 2.06 bits per heavy atom.